The van der Waals surface area contributed by atoms with Crippen LogP contribution in [0.2, 0.25) is 0 Å². The fourth-order valence-electron chi connectivity index (χ4n) is 7.63. The monoisotopic (exact) mass is 407 g/mol. The molecule has 0 aromatic carbocycles. The molecule has 0 saturated heterocycles. The van der Waals surface area contributed by atoms with E-state index in [-0.39, 0.29) is 17.3 Å². The fourth-order valence-corrected chi connectivity index (χ4v) is 7.63. The normalized spacial score (nSPS) is 44.6. The van der Waals surface area contributed by atoms with Gasteiger partial charge in [-0.2, -0.15) is 0 Å². The van der Waals surface area contributed by atoms with Gasteiger partial charge in [0.15, 0.2) is 0 Å². The Labute approximate surface area is 179 Å². The topological polar surface area (TPSA) is 70.4 Å². The Bertz CT molecular complexity index is 908. The van der Waals surface area contributed by atoms with Crippen molar-refractivity contribution in [1.29, 1.82) is 0 Å². The number of aliphatic hydroxyl groups excluding tert-OH is 1. The SMILES string of the molecule is C[C@@]12C=CC[C@H]1[C@@H]1[C@@H](O)C=C3CC(CC(=O)O)(c4ccccn4)CC[C@]3(C)[C@H]1CC2. The molecular weight excluding hydrogens is 374 g/mol. The molecule has 4 aliphatic carbocycles. The number of hydrogen-bond donors (Lipinski definition) is 2. The molecule has 0 amide bonds. The lowest BCUT2D eigenvalue weighted by atomic mass is 9.45. The standard InChI is InChI=1S/C26H33NO3/c1-24-9-5-6-18(24)23-19(8-10-24)25(2)11-12-26(16-22(29)30,15-17(25)14-20(23)28)21-7-3-4-13-27-21/h3-5,7,9,13-14,18-20,23,28H,6,8,10-12,15-16H2,1-2H3,(H,29,30)/t18-,19-,20-,23-,24-,25-,26?/m0/s1. The Morgan fingerprint density at radius 1 is 1.20 bits per heavy atom. The number of carboxylic acids is 1. The molecule has 0 bridgehead atoms. The van der Waals surface area contributed by atoms with Crippen LogP contribution in [0.1, 0.15) is 64.5 Å². The maximum Gasteiger partial charge on any atom is 0.304 e. The highest BCUT2D eigenvalue weighted by Crippen LogP contribution is 2.65. The highest BCUT2D eigenvalue weighted by Gasteiger charge is 2.59. The van der Waals surface area contributed by atoms with Crippen molar-refractivity contribution in [2.24, 2.45) is 28.6 Å². The van der Waals surface area contributed by atoms with Crippen LogP contribution in [-0.4, -0.2) is 27.3 Å². The number of allylic oxidation sites excluding steroid dienone is 3. The maximum absolute atomic E-state index is 11.8. The summed E-state index contributed by atoms with van der Waals surface area (Å²) < 4.78 is 0. The molecule has 0 aliphatic heterocycles. The quantitative estimate of drug-likeness (QED) is 0.700. The number of rotatable bonds is 3. The third-order valence-electron chi connectivity index (χ3n) is 9.33. The van der Waals surface area contributed by atoms with Crippen LogP contribution in [0.25, 0.3) is 0 Å². The van der Waals surface area contributed by atoms with Crippen molar-refractivity contribution in [2.45, 2.75) is 70.3 Å². The lowest BCUT2D eigenvalue weighted by Crippen LogP contribution is -2.55. The van der Waals surface area contributed by atoms with Gasteiger partial charge in [0, 0.05) is 17.3 Å². The van der Waals surface area contributed by atoms with Crippen molar-refractivity contribution < 1.29 is 15.0 Å². The van der Waals surface area contributed by atoms with Crippen LogP contribution in [0.15, 0.2) is 48.2 Å². The van der Waals surface area contributed by atoms with Crippen molar-refractivity contribution in [3.05, 3.63) is 53.9 Å². The van der Waals surface area contributed by atoms with Gasteiger partial charge >= 0.3 is 5.97 Å². The first-order chi connectivity index (χ1) is 14.3. The van der Waals surface area contributed by atoms with Gasteiger partial charge in [-0.05, 0) is 79.2 Å². The van der Waals surface area contributed by atoms with E-state index >= 15 is 0 Å². The zero-order valence-electron chi connectivity index (χ0n) is 18.1. The number of hydrogen-bond acceptors (Lipinski definition) is 3. The molecule has 0 spiro atoms. The van der Waals surface area contributed by atoms with Crippen LogP contribution in [0.4, 0.5) is 0 Å². The van der Waals surface area contributed by atoms with E-state index in [1.165, 1.54) is 12.0 Å². The molecule has 4 aliphatic rings. The molecule has 30 heavy (non-hydrogen) atoms. The molecule has 4 heteroatoms. The summed E-state index contributed by atoms with van der Waals surface area (Å²) in [6.45, 7) is 4.75. The van der Waals surface area contributed by atoms with Crippen LogP contribution < -0.4 is 0 Å². The van der Waals surface area contributed by atoms with E-state index in [1.807, 2.05) is 18.2 Å². The first-order valence-corrected chi connectivity index (χ1v) is 11.5. The van der Waals surface area contributed by atoms with Crippen LogP contribution in [0.5, 0.6) is 0 Å². The molecule has 2 saturated carbocycles. The van der Waals surface area contributed by atoms with E-state index in [9.17, 15) is 15.0 Å². The minimum Gasteiger partial charge on any atom is -0.481 e. The second-order valence-electron chi connectivity index (χ2n) is 10.8. The maximum atomic E-state index is 11.8. The molecule has 1 heterocycles. The largest absolute Gasteiger partial charge is 0.481 e. The van der Waals surface area contributed by atoms with Gasteiger partial charge < -0.3 is 10.2 Å². The van der Waals surface area contributed by atoms with Gasteiger partial charge in [0.1, 0.15) is 0 Å². The Morgan fingerprint density at radius 2 is 2.03 bits per heavy atom. The zero-order chi connectivity index (χ0) is 21.1. The smallest absolute Gasteiger partial charge is 0.304 e. The molecule has 160 valence electrons. The van der Waals surface area contributed by atoms with Gasteiger partial charge in [-0.25, -0.2) is 0 Å². The van der Waals surface area contributed by atoms with Crippen LogP contribution in [-0.2, 0) is 10.2 Å². The van der Waals surface area contributed by atoms with E-state index in [1.54, 1.807) is 6.20 Å². The molecule has 2 N–H and O–H groups in total. The number of aliphatic carboxylic acids is 1. The first kappa shape index (κ1) is 20.0. The average Bonchev–Trinajstić information content (AvgIpc) is 3.11. The highest BCUT2D eigenvalue weighted by molar-refractivity contribution is 5.69. The minimum absolute atomic E-state index is 0.0462. The Hall–Kier alpha value is -1.94. The second kappa shape index (κ2) is 6.78. The summed E-state index contributed by atoms with van der Waals surface area (Å²) in [5, 5.41) is 21.0. The number of aromatic nitrogens is 1. The molecule has 5 rings (SSSR count). The Kier molecular flexibility index (Phi) is 4.52. The molecule has 0 radical (unpaired) electrons. The van der Waals surface area contributed by atoms with Crippen molar-refractivity contribution in [1.82, 2.24) is 4.98 Å². The van der Waals surface area contributed by atoms with Gasteiger partial charge in [-0.3, -0.25) is 9.78 Å². The Morgan fingerprint density at radius 3 is 2.77 bits per heavy atom. The number of fused-ring (bicyclic) bond motifs is 5. The number of pyridine rings is 1. The lowest BCUT2D eigenvalue weighted by Gasteiger charge is -2.59. The van der Waals surface area contributed by atoms with Gasteiger partial charge in [0.05, 0.1) is 12.5 Å². The number of aliphatic hydroxyl groups is 1. The predicted molar refractivity (Wildman–Crippen MR) is 116 cm³/mol. The number of carboxylic acid groups (broad SMARTS) is 1. The number of nitrogens with zero attached hydrogens (tertiary/aromatic N) is 1. The highest BCUT2D eigenvalue weighted by atomic mass is 16.4. The molecule has 1 aromatic heterocycles. The van der Waals surface area contributed by atoms with Gasteiger partial charge in [-0.15, -0.1) is 0 Å². The summed E-state index contributed by atoms with van der Waals surface area (Å²) >= 11 is 0. The van der Waals surface area contributed by atoms with Crippen LogP contribution in [0.3, 0.4) is 0 Å². The van der Waals surface area contributed by atoms with E-state index in [0.29, 0.717) is 24.2 Å². The molecule has 1 unspecified atom stereocenters. The zero-order valence-corrected chi connectivity index (χ0v) is 18.1. The predicted octanol–water partition coefficient (Wildman–Crippen LogP) is 4.89. The average molecular weight is 408 g/mol. The van der Waals surface area contributed by atoms with Crippen LogP contribution >= 0.6 is 0 Å². The van der Waals surface area contributed by atoms with Gasteiger partial charge in [0.25, 0.3) is 0 Å². The van der Waals surface area contributed by atoms with E-state index in [2.05, 4.69) is 37.1 Å². The molecule has 7 atom stereocenters. The summed E-state index contributed by atoms with van der Waals surface area (Å²) in [4.78, 5) is 16.4. The second-order valence-corrected chi connectivity index (χ2v) is 10.8. The van der Waals surface area contributed by atoms with Crippen molar-refractivity contribution >= 4 is 5.97 Å². The van der Waals surface area contributed by atoms with Gasteiger partial charge in [-0.1, -0.05) is 43.7 Å². The summed E-state index contributed by atoms with van der Waals surface area (Å²) in [7, 11) is 0. The summed E-state index contributed by atoms with van der Waals surface area (Å²) in [6.07, 6.45) is 14.1. The van der Waals surface area contributed by atoms with E-state index in [0.717, 1.165) is 31.4 Å². The van der Waals surface area contributed by atoms with Gasteiger partial charge in [0.2, 0.25) is 0 Å². The van der Waals surface area contributed by atoms with Crippen molar-refractivity contribution in [3.8, 4) is 0 Å². The fraction of sp³-hybridized carbons (Fsp3) is 0.615. The van der Waals surface area contributed by atoms with E-state index < -0.39 is 17.5 Å². The summed E-state index contributed by atoms with van der Waals surface area (Å²) in [5.41, 5.74) is 1.93. The third kappa shape index (κ3) is 2.83. The molecule has 4 nitrogen and oxygen atoms in total. The minimum atomic E-state index is -0.774. The molecule has 1 aromatic rings. The Balaban J connectivity index is 1.53. The first-order valence-electron chi connectivity index (χ1n) is 11.5. The molecular formula is C26H33NO3. The summed E-state index contributed by atoms with van der Waals surface area (Å²) in [6, 6.07) is 5.81. The number of carbonyl (C=O) groups is 1. The van der Waals surface area contributed by atoms with Crippen LogP contribution in [0, 0.1) is 28.6 Å². The van der Waals surface area contributed by atoms with Crippen molar-refractivity contribution in [2.75, 3.05) is 0 Å². The van der Waals surface area contributed by atoms with E-state index in [4.69, 9.17) is 0 Å². The van der Waals surface area contributed by atoms with Crippen molar-refractivity contribution in [3.63, 3.8) is 0 Å². The molecule has 2 fully saturated rings. The third-order valence-corrected chi connectivity index (χ3v) is 9.33. The lowest BCUT2D eigenvalue weighted by molar-refractivity contribution is -0.139. The summed E-state index contributed by atoms with van der Waals surface area (Å²) in [5.74, 6) is 0.512.